The van der Waals surface area contributed by atoms with Gasteiger partial charge in [0.25, 0.3) is 0 Å². The second kappa shape index (κ2) is 5.79. The average Bonchev–Trinajstić information content (AvgIpc) is 2.37. The Kier molecular flexibility index (Phi) is 4.39. The number of carbonyl (C=O) groups excluding carboxylic acids is 3. The molecule has 0 amide bonds. The Morgan fingerprint density at radius 3 is 2.12 bits per heavy atom. The Labute approximate surface area is 98.3 Å². The van der Waals surface area contributed by atoms with Crippen LogP contribution in [0.1, 0.15) is 16.8 Å². The van der Waals surface area contributed by atoms with E-state index in [-0.39, 0.29) is 5.56 Å². The van der Waals surface area contributed by atoms with Crippen molar-refractivity contribution in [2.24, 2.45) is 0 Å². The smallest absolute Gasteiger partial charge is 0.313 e. The van der Waals surface area contributed by atoms with Gasteiger partial charge >= 0.3 is 5.97 Å². The fourth-order valence-electron chi connectivity index (χ4n) is 1.19. The minimum absolute atomic E-state index is 0.222. The van der Waals surface area contributed by atoms with E-state index in [4.69, 9.17) is 4.74 Å². The molecule has 17 heavy (non-hydrogen) atoms. The summed E-state index contributed by atoms with van der Waals surface area (Å²) < 4.78 is 9.23. The van der Waals surface area contributed by atoms with Crippen molar-refractivity contribution in [2.45, 2.75) is 6.42 Å². The van der Waals surface area contributed by atoms with Gasteiger partial charge in [-0.15, -0.1) is 0 Å². The number of esters is 1. The van der Waals surface area contributed by atoms with E-state index in [9.17, 15) is 14.4 Å². The van der Waals surface area contributed by atoms with Gasteiger partial charge in [-0.25, -0.2) is 0 Å². The van der Waals surface area contributed by atoms with Crippen LogP contribution >= 0.6 is 0 Å². The van der Waals surface area contributed by atoms with Crippen LogP contribution in [0.4, 0.5) is 0 Å². The average molecular weight is 236 g/mol. The maximum Gasteiger partial charge on any atom is 0.313 e. The van der Waals surface area contributed by atoms with Gasteiger partial charge < -0.3 is 9.47 Å². The van der Waals surface area contributed by atoms with Gasteiger partial charge in [0.15, 0.2) is 0 Å². The summed E-state index contributed by atoms with van der Waals surface area (Å²) >= 11 is 0. The first-order chi connectivity index (χ1) is 8.08. The van der Waals surface area contributed by atoms with E-state index in [0.29, 0.717) is 5.75 Å². The molecule has 5 heteroatoms. The van der Waals surface area contributed by atoms with Gasteiger partial charge in [0.05, 0.1) is 14.2 Å². The van der Waals surface area contributed by atoms with Gasteiger partial charge in [0, 0.05) is 5.56 Å². The van der Waals surface area contributed by atoms with Crippen molar-refractivity contribution in [1.29, 1.82) is 0 Å². The predicted octanol–water partition coefficient (Wildman–Crippen LogP) is 1.01. The maximum absolute atomic E-state index is 11.6. The van der Waals surface area contributed by atoms with E-state index >= 15 is 0 Å². The third-order valence-electron chi connectivity index (χ3n) is 2.14. The molecule has 0 radical (unpaired) electrons. The third kappa shape index (κ3) is 3.41. The molecule has 0 unspecified atom stereocenters. The Hall–Kier alpha value is -2.17. The van der Waals surface area contributed by atoms with E-state index < -0.39 is 24.0 Å². The monoisotopic (exact) mass is 236 g/mol. The molecule has 0 spiro atoms. The molecule has 0 N–H and O–H groups in total. The van der Waals surface area contributed by atoms with E-state index in [1.165, 1.54) is 19.2 Å². The number of carbonyl (C=O) groups is 3. The molecule has 0 aliphatic rings. The molecule has 0 aliphatic carbocycles. The van der Waals surface area contributed by atoms with E-state index in [2.05, 4.69) is 4.74 Å². The highest BCUT2D eigenvalue weighted by Crippen LogP contribution is 2.12. The Morgan fingerprint density at radius 2 is 1.65 bits per heavy atom. The number of hydrogen-bond donors (Lipinski definition) is 0. The van der Waals surface area contributed by atoms with Crippen molar-refractivity contribution in [2.75, 3.05) is 14.2 Å². The molecule has 90 valence electrons. The highest BCUT2D eigenvalue weighted by atomic mass is 16.5. The topological polar surface area (TPSA) is 69.7 Å². The zero-order chi connectivity index (χ0) is 12.8. The summed E-state index contributed by atoms with van der Waals surface area (Å²) in [6.45, 7) is 0. The molecule has 0 bridgehead atoms. The SMILES string of the molecule is COC(=O)CC(=O)C(=O)c1ccc(OC)cc1. The highest BCUT2D eigenvalue weighted by molar-refractivity contribution is 6.45. The van der Waals surface area contributed by atoms with Gasteiger partial charge in [-0.05, 0) is 24.3 Å². The predicted molar refractivity (Wildman–Crippen MR) is 59.0 cm³/mol. The number of rotatable bonds is 5. The molecule has 0 fully saturated rings. The quantitative estimate of drug-likeness (QED) is 0.330. The largest absolute Gasteiger partial charge is 0.497 e. The molecule has 0 atom stereocenters. The lowest BCUT2D eigenvalue weighted by atomic mass is 10.1. The highest BCUT2D eigenvalue weighted by Gasteiger charge is 2.19. The van der Waals surface area contributed by atoms with Crippen molar-refractivity contribution in [3.05, 3.63) is 29.8 Å². The summed E-state index contributed by atoms with van der Waals surface area (Å²) in [5.74, 6) is -1.64. The second-order valence-electron chi connectivity index (χ2n) is 3.23. The number of ether oxygens (including phenoxy) is 2. The zero-order valence-electron chi connectivity index (χ0n) is 9.56. The van der Waals surface area contributed by atoms with Crippen LogP contribution < -0.4 is 4.74 Å². The summed E-state index contributed by atoms with van der Waals surface area (Å²) in [6, 6.07) is 6.07. The minimum atomic E-state index is -0.790. The first-order valence-corrected chi connectivity index (χ1v) is 4.87. The van der Waals surface area contributed by atoms with Gasteiger partial charge in [0.2, 0.25) is 11.6 Å². The lowest BCUT2D eigenvalue weighted by Crippen LogP contribution is -2.18. The molecule has 0 saturated heterocycles. The summed E-state index contributed by atoms with van der Waals surface area (Å²) in [5.41, 5.74) is 0.222. The number of ketones is 2. The van der Waals surface area contributed by atoms with Crippen molar-refractivity contribution < 1.29 is 23.9 Å². The van der Waals surface area contributed by atoms with Gasteiger partial charge in [-0.1, -0.05) is 0 Å². The summed E-state index contributed by atoms with van der Waals surface area (Å²) in [5, 5.41) is 0. The lowest BCUT2D eigenvalue weighted by Gasteiger charge is -2.02. The van der Waals surface area contributed by atoms with Crippen molar-refractivity contribution >= 4 is 17.5 Å². The molecular formula is C12H12O5. The molecule has 0 aliphatic heterocycles. The molecular weight excluding hydrogens is 224 g/mol. The Balaban J connectivity index is 2.74. The van der Waals surface area contributed by atoms with Crippen LogP contribution in [-0.2, 0) is 14.3 Å². The van der Waals surface area contributed by atoms with Crippen LogP contribution in [0.5, 0.6) is 5.75 Å². The standard InChI is InChI=1S/C12H12O5/c1-16-9-5-3-8(4-6-9)12(15)10(13)7-11(14)17-2/h3-6H,7H2,1-2H3. The van der Waals surface area contributed by atoms with Gasteiger partial charge in [-0.2, -0.15) is 0 Å². The van der Waals surface area contributed by atoms with Crippen molar-refractivity contribution in [3.8, 4) is 5.75 Å². The van der Waals surface area contributed by atoms with E-state index in [1.807, 2.05) is 0 Å². The Bertz CT molecular complexity index is 433. The summed E-state index contributed by atoms with van der Waals surface area (Å²) in [6.07, 6.45) is -0.540. The van der Waals surface area contributed by atoms with Gasteiger partial charge in [0.1, 0.15) is 12.2 Å². The summed E-state index contributed by atoms with van der Waals surface area (Å²) in [4.78, 5) is 33.8. The second-order valence-corrected chi connectivity index (χ2v) is 3.23. The van der Waals surface area contributed by atoms with Crippen molar-refractivity contribution in [1.82, 2.24) is 0 Å². The van der Waals surface area contributed by atoms with Gasteiger partial charge in [-0.3, -0.25) is 14.4 Å². The third-order valence-corrected chi connectivity index (χ3v) is 2.14. The first kappa shape index (κ1) is 12.9. The molecule has 0 heterocycles. The van der Waals surface area contributed by atoms with Crippen LogP contribution in [0.25, 0.3) is 0 Å². The number of hydrogen-bond acceptors (Lipinski definition) is 5. The van der Waals surface area contributed by atoms with Crippen LogP contribution in [0.3, 0.4) is 0 Å². The zero-order valence-corrected chi connectivity index (χ0v) is 9.56. The molecule has 0 saturated carbocycles. The fraction of sp³-hybridized carbons (Fsp3) is 0.250. The molecule has 5 nitrogen and oxygen atoms in total. The fourth-order valence-corrected chi connectivity index (χ4v) is 1.19. The van der Waals surface area contributed by atoms with Crippen molar-refractivity contribution in [3.63, 3.8) is 0 Å². The van der Waals surface area contributed by atoms with E-state index in [0.717, 1.165) is 7.11 Å². The van der Waals surface area contributed by atoms with Crippen LogP contribution in [-0.4, -0.2) is 31.8 Å². The van der Waals surface area contributed by atoms with Crippen LogP contribution in [0.2, 0.25) is 0 Å². The maximum atomic E-state index is 11.6. The molecule has 1 aromatic rings. The molecule has 1 rings (SSSR count). The molecule has 0 aromatic heterocycles. The lowest BCUT2D eigenvalue weighted by molar-refractivity contribution is -0.142. The first-order valence-electron chi connectivity index (χ1n) is 4.87. The summed E-state index contributed by atoms with van der Waals surface area (Å²) in [7, 11) is 2.66. The Morgan fingerprint density at radius 1 is 1.06 bits per heavy atom. The van der Waals surface area contributed by atoms with Crippen LogP contribution in [0, 0.1) is 0 Å². The number of benzene rings is 1. The molecule has 1 aromatic carbocycles. The number of methoxy groups -OCH3 is 2. The normalized spacial score (nSPS) is 9.53. The minimum Gasteiger partial charge on any atom is -0.497 e. The van der Waals surface area contributed by atoms with Crippen LogP contribution in [0.15, 0.2) is 24.3 Å². The van der Waals surface area contributed by atoms with E-state index in [1.54, 1.807) is 12.1 Å². The number of Topliss-reactive ketones (excluding diaryl/α,β-unsaturated/α-hetero) is 2.